The third-order valence-electron chi connectivity index (χ3n) is 5.29. The van der Waals surface area contributed by atoms with Gasteiger partial charge in [0.05, 0.1) is 5.56 Å². The minimum Gasteiger partial charge on any atom is -0.368 e. The molecule has 3 amide bonds. The van der Waals surface area contributed by atoms with E-state index in [9.17, 15) is 37.7 Å². The van der Waals surface area contributed by atoms with Gasteiger partial charge < -0.3 is 16.4 Å². The zero-order chi connectivity index (χ0) is 27.1. The van der Waals surface area contributed by atoms with E-state index in [1.54, 1.807) is 20.8 Å². The Kier molecular flexibility index (Phi) is 10.2. The van der Waals surface area contributed by atoms with Crippen LogP contribution in [-0.4, -0.2) is 41.3 Å². The van der Waals surface area contributed by atoms with E-state index in [2.05, 4.69) is 10.6 Å². The van der Waals surface area contributed by atoms with Crippen molar-refractivity contribution in [1.82, 2.24) is 10.6 Å². The Balaban J connectivity index is 3.05. The summed E-state index contributed by atoms with van der Waals surface area (Å²) in [6, 6.07) is 1.66. The number of alkyl halides is 3. The van der Waals surface area contributed by atoms with Crippen molar-refractivity contribution in [2.24, 2.45) is 23.0 Å². The molecule has 0 spiro atoms. The molecule has 35 heavy (non-hydrogen) atoms. The minimum atomic E-state index is -4.52. The molecule has 0 saturated heterocycles. The van der Waals surface area contributed by atoms with Gasteiger partial charge in [0.2, 0.25) is 24.3 Å². The first-order valence-corrected chi connectivity index (χ1v) is 11.1. The topological polar surface area (TPSA) is 144 Å². The highest BCUT2D eigenvalue weighted by molar-refractivity contribution is 5.92. The summed E-state index contributed by atoms with van der Waals surface area (Å²) >= 11 is 0. The fourth-order valence-corrected chi connectivity index (χ4v) is 3.49. The van der Waals surface area contributed by atoms with Crippen LogP contribution in [-0.2, 0) is 27.0 Å². The molecule has 0 bridgehead atoms. The van der Waals surface area contributed by atoms with E-state index in [1.165, 1.54) is 12.1 Å². The molecule has 0 saturated carbocycles. The molecule has 0 aliphatic carbocycles. The highest BCUT2D eigenvalue weighted by Crippen LogP contribution is 2.29. The second-order valence-electron chi connectivity index (χ2n) is 10.0. The van der Waals surface area contributed by atoms with Crippen LogP contribution in [0.3, 0.4) is 0 Å². The van der Waals surface area contributed by atoms with Gasteiger partial charge in [0.1, 0.15) is 18.0 Å². The first-order chi connectivity index (χ1) is 15.9. The van der Waals surface area contributed by atoms with Crippen molar-refractivity contribution < 1.29 is 32.5 Å². The maximum absolute atomic E-state index is 13.1. The molecule has 1 aromatic rings. The van der Waals surface area contributed by atoms with E-state index in [0.29, 0.717) is 5.56 Å². The molecule has 0 radical (unpaired) electrons. The van der Waals surface area contributed by atoms with E-state index >= 15 is 0 Å². The van der Waals surface area contributed by atoms with Crippen molar-refractivity contribution in [3.8, 4) is 0 Å². The lowest BCUT2D eigenvalue weighted by Crippen LogP contribution is -2.58. The number of nitrogens with one attached hydrogen (secondary N) is 2. The van der Waals surface area contributed by atoms with Gasteiger partial charge in [0.25, 0.3) is 0 Å². The molecule has 0 aromatic heterocycles. The Morgan fingerprint density at radius 1 is 1.03 bits per heavy atom. The predicted octanol–water partition coefficient (Wildman–Crippen LogP) is 2.69. The Morgan fingerprint density at radius 2 is 1.57 bits per heavy atom. The van der Waals surface area contributed by atoms with Gasteiger partial charge >= 0.3 is 6.18 Å². The zero-order valence-electron chi connectivity index (χ0n) is 20.4. The Hall–Kier alpha value is -3.18. The highest BCUT2D eigenvalue weighted by atomic mass is 19.4. The fourth-order valence-electron chi connectivity index (χ4n) is 3.49. The summed E-state index contributed by atoms with van der Waals surface area (Å²) in [6.45, 7) is 8.02. The van der Waals surface area contributed by atoms with Crippen LogP contribution in [0.4, 0.5) is 13.2 Å². The number of benzene rings is 1. The van der Waals surface area contributed by atoms with Crippen molar-refractivity contribution in [2.45, 2.75) is 65.7 Å². The number of amides is 3. The number of carbonyl (C=O) groups excluding carboxylic acids is 3. The molecule has 196 valence electrons. The van der Waals surface area contributed by atoms with Crippen molar-refractivity contribution >= 4 is 17.7 Å². The third-order valence-corrected chi connectivity index (χ3v) is 5.29. The second-order valence-corrected chi connectivity index (χ2v) is 10.0. The fraction of sp³-hybridized carbons (Fsp3) is 0.609. The molecule has 9 nitrogen and oxygen atoms in total. The van der Waals surface area contributed by atoms with Crippen LogP contribution in [0.15, 0.2) is 24.3 Å². The van der Waals surface area contributed by atoms with Gasteiger partial charge in [-0.1, -0.05) is 46.8 Å². The van der Waals surface area contributed by atoms with Crippen LogP contribution < -0.4 is 16.4 Å². The lowest BCUT2D eigenvalue weighted by atomic mass is 9.85. The molecule has 3 atom stereocenters. The number of carbonyl (C=O) groups is 3. The van der Waals surface area contributed by atoms with Crippen molar-refractivity contribution in [2.75, 3.05) is 6.54 Å². The average Bonchev–Trinajstić information content (AvgIpc) is 2.68. The summed E-state index contributed by atoms with van der Waals surface area (Å²) in [5.41, 5.74) is 4.04. The Morgan fingerprint density at radius 3 is 1.97 bits per heavy atom. The summed E-state index contributed by atoms with van der Waals surface area (Å²) in [5, 5.41) is 16.0. The van der Waals surface area contributed by atoms with E-state index < -0.39 is 64.3 Å². The van der Waals surface area contributed by atoms with Gasteiger partial charge in [-0.15, -0.1) is 0 Å². The lowest BCUT2D eigenvalue weighted by Gasteiger charge is -2.32. The molecule has 1 rings (SSSR count). The molecule has 4 N–H and O–H groups in total. The van der Waals surface area contributed by atoms with Gasteiger partial charge in [-0.25, -0.2) is 0 Å². The van der Waals surface area contributed by atoms with Crippen molar-refractivity contribution in [3.05, 3.63) is 45.5 Å². The molecule has 0 aliphatic rings. The molecule has 0 fully saturated rings. The third kappa shape index (κ3) is 9.91. The molecular formula is C23H33F3N4O5. The van der Waals surface area contributed by atoms with Gasteiger partial charge in [-0.05, 0) is 35.4 Å². The molecule has 0 aliphatic heterocycles. The average molecular weight is 503 g/mol. The first-order valence-electron chi connectivity index (χ1n) is 11.1. The van der Waals surface area contributed by atoms with Gasteiger partial charge in [0, 0.05) is 11.3 Å². The summed E-state index contributed by atoms with van der Waals surface area (Å²) in [7, 11) is 0. The maximum Gasteiger partial charge on any atom is 0.416 e. The zero-order valence-corrected chi connectivity index (χ0v) is 20.4. The van der Waals surface area contributed by atoms with E-state index in [1.807, 2.05) is 13.8 Å². The van der Waals surface area contributed by atoms with E-state index in [0.717, 1.165) is 12.1 Å². The van der Waals surface area contributed by atoms with Crippen molar-refractivity contribution in [3.63, 3.8) is 0 Å². The molecule has 0 unspecified atom stereocenters. The number of hydrogen-bond donors (Lipinski definition) is 3. The Bertz CT molecular complexity index is 911. The number of primary amides is 1. The minimum absolute atomic E-state index is 0.00408. The predicted molar refractivity (Wildman–Crippen MR) is 122 cm³/mol. The lowest BCUT2D eigenvalue weighted by molar-refractivity contribution is -0.486. The quantitative estimate of drug-likeness (QED) is 0.315. The molecule has 12 heteroatoms. The molecule has 0 heterocycles. The van der Waals surface area contributed by atoms with E-state index in [4.69, 9.17) is 5.73 Å². The summed E-state index contributed by atoms with van der Waals surface area (Å²) in [4.78, 5) is 48.3. The van der Waals surface area contributed by atoms with Gasteiger partial charge in [0.15, 0.2) is 0 Å². The Labute approximate surface area is 202 Å². The van der Waals surface area contributed by atoms with Crippen LogP contribution in [0.1, 0.15) is 52.2 Å². The highest BCUT2D eigenvalue weighted by Gasteiger charge is 2.37. The normalized spacial score (nSPS) is 14.7. The number of nitrogens with zero attached hydrogens (tertiary/aromatic N) is 1. The second kappa shape index (κ2) is 12.0. The molecular weight excluding hydrogens is 469 g/mol. The van der Waals surface area contributed by atoms with Crippen LogP contribution in [0.2, 0.25) is 0 Å². The summed E-state index contributed by atoms with van der Waals surface area (Å²) in [5.74, 6) is -3.28. The largest absolute Gasteiger partial charge is 0.416 e. The van der Waals surface area contributed by atoms with Crippen LogP contribution in [0.25, 0.3) is 0 Å². The monoisotopic (exact) mass is 502 g/mol. The summed E-state index contributed by atoms with van der Waals surface area (Å²) < 4.78 is 38.3. The van der Waals surface area contributed by atoms with Crippen LogP contribution in [0, 0.1) is 27.4 Å². The van der Waals surface area contributed by atoms with Crippen LogP contribution >= 0.6 is 0 Å². The smallest absolute Gasteiger partial charge is 0.368 e. The van der Waals surface area contributed by atoms with Gasteiger partial charge in [-0.2, -0.15) is 13.2 Å². The van der Waals surface area contributed by atoms with Gasteiger partial charge in [-0.3, -0.25) is 24.5 Å². The summed E-state index contributed by atoms with van der Waals surface area (Å²) in [6.07, 6.45) is -4.44. The number of hydrogen-bond acceptors (Lipinski definition) is 5. The van der Waals surface area contributed by atoms with Crippen LogP contribution in [0.5, 0.6) is 0 Å². The number of nitro groups is 1. The maximum atomic E-state index is 13.1. The number of rotatable bonds is 11. The first kappa shape index (κ1) is 29.9. The number of halogens is 3. The number of nitrogens with two attached hydrogens (primary N) is 1. The SMILES string of the molecule is CC(C)C[C@H](C[N+](=O)[O-])C(=O)N[C@H](C(=O)N[C@H](Cc1ccc(C(F)(F)F)cc1)C(N)=O)C(C)(C)C. The molecule has 1 aromatic carbocycles. The van der Waals surface area contributed by atoms with Crippen molar-refractivity contribution in [1.29, 1.82) is 0 Å². The van der Waals surface area contributed by atoms with E-state index in [-0.39, 0.29) is 18.8 Å². The standard InChI is InChI=1S/C23H33F3N4O5/c1-13(2)10-15(12-30(34)35)20(32)29-18(22(3,4)5)21(33)28-17(19(27)31)11-14-6-8-16(9-7-14)23(24,25)26/h6-9,13,15,17-18H,10-12H2,1-5H3,(H2,27,31)(H,28,33)(H,29,32)/t15-,17-,18-/m1/s1.